The van der Waals surface area contributed by atoms with Gasteiger partial charge >= 0.3 is 5.69 Å². The first-order valence-corrected chi connectivity index (χ1v) is 6.30. The third kappa shape index (κ3) is 4.40. The highest BCUT2D eigenvalue weighted by molar-refractivity contribution is 6.17. The van der Waals surface area contributed by atoms with Crippen LogP contribution in [0.4, 0.5) is 5.69 Å². The Balaban J connectivity index is 2.75. The molecular formula is C12H15ClN2O4. The Kier molecular flexibility index (Phi) is 6.08. The van der Waals surface area contributed by atoms with Crippen molar-refractivity contribution in [2.24, 2.45) is 0 Å². The molecule has 0 aromatic heterocycles. The molecule has 19 heavy (non-hydrogen) atoms. The summed E-state index contributed by atoms with van der Waals surface area (Å²) in [6, 6.07) is 4.10. The van der Waals surface area contributed by atoms with Gasteiger partial charge in [0.1, 0.15) is 0 Å². The molecule has 0 heterocycles. The van der Waals surface area contributed by atoms with Crippen LogP contribution < -0.4 is 10.1 Å². The van der Waals surface area contributed by atoms with Crippen LogP contribution in [-0.4, -0.2) is 30.4 Å². The van der Waals surface area contributed by atoms with Crippen molar-refractivity contribution in [2.75, 3.05) is 19.5 Å². The van der Waals surface area contributed by atoms with E-state index < -0.39 is 4.92 Å². The smallest absolute Gasteiger partial charge is 0.311 e. The fourth-order valence-corrected chi connectivity index (χ4v) is 1.69. The van der Waals surface area contributed by atoms with Crippen LogP contribution in [0.1, 0.15) is 23.2 Å². The van der Waals surface area contributed by atoms with Crippen LogP contribution in [0.25, 0.3) is 0 Å². The van der Waals surface area contributed by atoms with Gasteiger partial charge in [0.25, 0.3) is 5.91 Å². The molecule has 0 bridgehead atoms. The van der Waals surface area contributed by atoms with Crippen molar-refractivity contribution in [1.29, 1.82) is 0 Å². The summed E-state index contributed by atoms with van der Waals surface area (Å²) < 4.78 is 4.87. The molecule has 0 saturated carbocycles. The summed E-state index contributed by atoms with van der Waals surface area (Å²) in [5, 5.41) is 13.5. The Bertz CT molecular complexity index is 465. The molecule has 7 heteroatoms. The molecule has 0 spiro atoms. The molecular weight excluding hydrogens is 272 g/mol. The number of benzene rings is 1. The predicted molar refractivity (Wildman–Crippen MR) is 71.9 cm³/mol. The van der Waals surface area contributed by atoms with Crippen molar-refractivity contribution in [2.45, 2.75) is 12.8 Å². The molecule has 0 fully saturated rings. The average molecular weight is 287 g/mol. The number of nitrogens with zero attached hydrogens (tertiary/aromatic N) is 1. The van der Waals surface area contributed by atoms with Gasteiger partial charge in [-0.3, -0.25) is 14.9 Å². The molecule has 1 N–H and O–H groups in total. The molecule has 1 aromatic rings. The maximum absolute atomic E-state index is 11.8. The lowest BCUT2D eigenvalue weighted by Gasteiger charge is -2.06. The number of carbonyl (C=O) groups excluding carboxylic acids is 1. The molecule has 104 valence electrons. The molecule has 6 nitrogen and oxygen atoms in total. The molecule has 0 saturated heterocycles. The largest absolute Gasteiger partial charge is 0.490 e. The lowest BCUT2D eigenvalue weighted by Crippen LogP contribution is -2.24. The van der Waals surface area contributed by atoms with Crippen molar-refractivity contribution in [3.8, 4) is 5.75 Å². The van der Waals surface area contributed by atoms with E-state index in [9.17, 15) is 14.9 Å². The summed E-state index contributed by atoms with van der Waals surface area (Å²) in [6.45, 7) is 0.491. The number of rotatable bonds is 7. The topological polar surface area (TPSA) is 81.5 Å². The number of halogens is 1. The predicted octanol–water partition coefficient (Wildman–Crippen LogP) is 2.35. The number of nitro benzene ring substituents is 1. The zero-order valence-corrected chi connectivity index (χ0v) is 11.3. The van der Waals surface area contributed by atoms with Gasteiger partial charge in [0, 0.05) is 24.1 Å². The summed E-state index contributed by atoms with van der Waals surface area (Å²) in [5.74, 6) is 0.327. The lowest BCUT2D eigenvalue weighted by molar-refractivity contribution is -0.385. The molecule has 0 aliphatic rings. The molecule has 0 aliphatic heterocycles. The van der Waals surface area contributed by atoms with E-state index >= 15 is 0 Å². The molecule has 0 aliphatic carbocycles. The second-order valence-electron chi connectivity index (χ2n) is 3.80. The van der Waals surface area contributed by atoms with Crippen LogP contribution in [0.3, 0.4) is 0 Å². The van der Waals surface area contributed by atoms with E-state index in [0.29, 0.717) is 12.4 Å². The number of nitro groups is 1. The summed E-state index contributed by atoms with van der Waals surface area (Å²) in [6.07, 6.45) is 1.58. The van der Waals surface area contributed by atoms with Gasteiger partial charge in [-0.2, -0.15) is 0 Å². The van der Waals surface area contributed by atoms with Crippen molar-refractivity contribution in [1.82, 2.24) is 5.32 Å². The Morgan fingerprint density at radius 1 is 1.47 bits per heavy atom. The zero-order valence-electron chi connectivity index (χ0n) is 10.5. The van der Waals surface area contributed by atoms with E-state index in [4.69, 9.17) is 16.3 Å². The maximum atomic E-state index is 11.8. The Morgan fingerprint density at radius 2 is 2.21 bits per heavy atom. The fourth-order valence-electron chi connectivity index (χ4n) is 1.50. The average Bonchev–Trinajstić information content (AvgIpc) is 2.42. The van der Waals surface area contributed by atoms with Crippen molar-refractivity contribution in [3.63, 3.8) is 0 Å². The first kappa shape index (κ1) is 15.2. The SMILES string of the molecule is COc1ccc(C(=O)NCCCCCl)cc1[N+](=O)[O-]. The van der Waals surface area contributed by atoms with Crippen molar-refractivity contribution >= 4 is 23.2 Å². The normalized spacial score (nSPS) is 10.0. The molecule has 0 radical (unpaired) electrons. The zero-order chi connectivity index (χ0) is 14.3. The third-order valence-electron chi connectivity index (χ3n) is 2.48. The monoisotopic (exact) mass is 286 g/mol. The van der Waals surface area contributed by atoms with Gasteiger partial charge in [0.2, 0.25) is 0 Å². The number of nitrogens with one attached hydrogen (secondary N) is 1. The van der Waals surface area contributed by atoms with Crippen LogP contribution in [-0.2, 0) is 0 Å². The van der Waals surface area contributed by atoms with Crippen LogP contribution in [0.15, 0.2) is 18.2 Å². The molecule has 1 rings (SSSR count). The Morgan fingerprint density at radius 3 is 2.79 bits per heavy atom. The maximum Gasteiger partial charge on any atom is 0.311 e. The van der Waals surface area contributed by atoms with Gasteiger partial charge in [-0.1, -0.05) is 0 Å². The standard InChI is InChI=1S/C12H15ClN2O4/c1-19-11-5-4-9(8-10(11)15(17)18)12(16)14-7-3-2-6-13/h4-5,8H,2-3,6-7H2,1H3,(H,14,16). The van der Waals surface area contributed by atoms with Crippen molar-refractivity contribution in [3.05, 3.63) is 33.9 Å². The molecule has 1 amide bonds. The number of amides is 1. The molecule has 0 unspecified atom stereocenters. The van der Waals surface area contributed by atoms with Crippen molar-refractivity contribution < 1.29 is 14.5 Å². The number of hydrogen-bond acceptors (Lipinski definition) is 4. The van der Waals surface area contributed by atoms with Crippen LogP contribution >= 0.6 is 11.6 Å². The van der Waals surface area contributed by atoms with E-state index in [0.717, 1.165) is 12.8 Å². The highest BCUT2D eigenvalue weighted by Crippen LogP contribution is 2.27. The summed E-state index contributed by atoms with van der Waals surface area (Å²) in [4.78, 5) is 22.0. The van der Waals surface area contributed by atoms with Crippen LogP contribution in [0.5, 0.6) is 5.75 Å². The van der Waals surface area contributed by atoms with E-state index in [1.54, 1.807) is 0 Å². The number of ether oxygens (including phenoxy) is 1. The third-order valence-corrected chi connectivity index (χ3v) is 2.75. The van der Waals surface area contributed by atoms with Crippen LogP contribution in [0, 0.1) is 10.1 Å². The number of hydrogen-bond donors (Lipinski definition) is 1. The summed E-state index contributed by atoms with van der Waals surface area (Å²) in [7, 11) is 1.34. The first-order valence-electron chi connectivity index (χ1n) is 5.76. The quantitative estimate of drug-likeness (QED) is 0.361. The Hall–Kier alpha value is -1.82. The fraction of sp³-hybridized carbons (Fsp3) is 0.417. The van der Waals surface area contributed by atoms with Crippen LogP contribution in [0.2, 0.25) is 0 Å². The van der Waals surface area contributed by atoms with Gasteiger partial charge in [-0.25, -0.2) is 0 Å². The number of unbranched alkanes of at least 4 members (excludes halogenated alkanes) is 1. The summed E-state index contributed by atoms with van der Waals surface area (Å²) in [5.41, 5.74) is 0.00859. The van der Waals surface area contributed by atoms with E-state index in [1.165, 1.54) is 25.3 Å². The highest BCUT2D eigenvalue weighted by atomic mass is 35.5. The number of carbonyl (C=O) groups is 1. The van der Waals surface area contributed by atoms with Gasteiger partial charge in [0.15, 0.2) is 5.75 Å². The highest BCUT2D eigenvalue weighted by Gasteiger charge is 2.17. The van der Waals surface area contributed by atoms with E-state index in [-0.39, 0.29) is 22.9 Å². The van der Waals surface area contributed by atoms with Gasteiger partial charge in [-0.05, 0) is 25.0 Å². The van der Waals surface area contributed by atoms with Gasteiger partial charge in [0.05, 0.1) is 12.0 Å². The first-order chi connectivity index (χ1) is 9.10. The van der Waals surface area contributed by atoms with E-state index in [1.807, 2.05) is 0 Å². The minimum absolute atomic E-state index is 0.128. The van der Waals surface area contributed by atoms with Gasteiger partial charge < -0.3 is 10.1 Å². The molecule has 1 aromatic carbocycles. The minimum Gasteiger partial charge on any atom is -0.490 e. The summed E-state index contributed by atoms with van der Waals surface area (Å²) >= 11 is 5.52. The second-order valence-corrected chi connectivity index (χ2v) is 4.17. The van der Waals surface area contributed by atoms with Gasteiger partial charge in [-0.15, -0.1) is 11.6 Å². The minimum atomic E-state index is -0.580. The number of alkyl halides is 1. The number of methoxy groups -OCH3 is 1. The lowest BCUT2D eigenvalue weighted by atomic mass is 10.1. The Labute approximate surface area is 115 Å². The second kappa shape index (κ2) is 7.58. The molecule has 0 atom stereocenters. The van der Waals surface area contributed by atoms with E-state index in [2.05, 4.69) is 5.32 Å².